The molecule has 1 aromatic carbocycles. The second kappa shape index (κ2) is 6.27. The first-order chi connectivity index (χ1) is 9.49. The number of fused-ring (bicyclic) bond motifs is 1. The van der Waals surface area contributed by atoms with Crippen molar-refractivity contribution >= 4 is 5.97 Å². The van der Waals surface area contributed by atoms with Gasteiger partial charge in [-0.1, -0.05) is 17.7 Å². The van der Waals surface area contributed by atoms with Crippen LogP contribution in [0.1, 0.15) is 25.0 Å². The van der Waals surface area contributed by atoms with E-state index < -0.39 is 0 Å². The molecular weight excluding hydrogens is 254 g/mol. The Morgan fingerprint density at radius 2 is 2.25 bits per heavy atom. The van der Waals surface area contributed by atoms with Crippen LogP contribution in [0.3, 0.4) is 0 Å². The number of ether oxygens (including phenoxy) is 2. The van der Waals surface area contributed by atoms with Crippen molar-refractivity contribution in [2.45, 2.75) is 39.3 Å². The second-order valence-corrected chi connectivity index (χ2v) is 5.65. The van der Waals surface area contributed by atoms with Gasteiger partial charge >= 0.3 is 5.97 Å². The van der Waals surface area contributed by atoms with Crippen LogP contribution in [0.2, 0.25) is 0 Å². The molecule has 0 saturated carbocycles. The van der Waals surface area contributed by atoms with Crippen LogP contribution in [0.15, 0.2) is 18.2 Å². The van der Waals surface area contributed by atoms with E-state index in [1.165, 1.54) is 18.2 Å². The van der Waals surface area contributed by atoms with E-state index in [2.05, 4.69) is 37.8 Å². The molecule has 110 valence electrons. The summed E-state index contributed by atoms with van der Waals surface area (Å²) in [6.45, 7) is 7.29. The molecule has 0 spiro atoms. The van der Waals surface area contributed by atoms with E-state index in [-0.39, 0.29) is 18.1 Å². The highest BCUT2D eigenvalue weighted by Gasteiger charge is 2.26. The lowest BCUT2D eigenvalue weighted by Crippen LogP contribution is -2.42. The summed E-state index contributed by atoms with van der Waals surface area (Å²) in [4.78, 5) is 13.6. The van der Waals surface area contributed by atoms with Crippen molar-refractivity contribution in [2.75, 3.05) is 20.2 Å². The van der Waals surface area contributed by atoms with Gasteiger partial charge in [-0.25, -0.2) is 0 Å². The Kier molecular flexibility index (Phi) is 4.65. The molecule has 0 N–H and O–H groups in total. The Hall–Kier alpha value is -1.55. The summed E-state index contributed by atoms with van der Waals surface area (Å²) >= 11 is 0. The second-order valence-electron chi connectivity index (χ2n) is 5.65. The van der Waals surface area contributed by atoms with E-state index in [9.17, 15) is 4.79 Å². The zero-order chi connectivity index (χ0) is 14.7. The van der Waals surface area contributed by atoms with Crippen LogP contribution < -0.4 is 4.74 Å². The maximum Gasteiger partial charge on any atom is 0.319 e. The van der Waals surface area contributed by atoms with Gasteiger partial charge in [-0.2, -0.15) is 0 Å². The van der Waals surface area contributed by atoms with Crippen LogP contribution in [0, 0.1) is 6.92 Å². The molecule has 1 heterocycles. The van der Waals surface area contributed by atoms with Crippen molar-refractivity contribution < 1.29 is 14.3 Å². The summed E-state index contributed by atoms with van der Waals surface area (Å²) in [7, 11) is 1.42. The topological polar surface area (TPSA) is 38.8 Å². The molecule has 1 atom stereocenters. The molecule has 1 unspecified atom stereocenters. The van der Waals surface area contributed by atoms with Gasteiger partial charge in [0.05, 0.1) is 13.7 Å². The fourth-order valence-electron chi connectivity index (χ4n) is 2.50. The van der Waals surface area contributed by atoms with E-state index in [1.54, 1.807) is 0 Å². The monoisotopic (exact) mass is 277 g/mol. The molecule has 0 aromatic heterocycles. The van der Waals surface area contributed by atoms with E-state index in [0.717, 1.165) is 18.7 Å². The molecule has 0 fully saturated rings. The normalized spacial score (nSPS) is 17.2. The molecular formula is C16H23NO3. The summed E-state index contributed by atoms with van der Waals surface area (Å²) in [5.74, 6) is 0.771. The third kappa shape index (κ3) is 3.51. The van der Waals surface area contributed by atoms with Crippen LogP contribution in [0.4, 0.5) is 0 Å². The first-order valence-corrected chi connectivity index (χ1v) is 7.06. The molecule has 1 aliphatic heterocycles. The van der Waals surface area contributed by atoms with Gasteiger partial charge in [0.25, 0.3) is 0 Å². The molecule has 1 aromatic rings. The molecule has 2 rings (SSSR count). The number of benzene rings is 1. The average molecular weight is 277 g/mol. The molecule has 0 aliphatic carbocycles. The highest BCUT2D eigenvalue weighted by atomic mass is 16.5. The lowest BCUT2D eigenvalue weighted by atomic mass is 10.1. The summed E-state index contributed by atoms with van der Waals surface area (Å²) in [5, 5.41) is 0. The van der Waals surface area contributed by atoms with Gasteiger partial charge in [0.1, 0.15) is 11.9 Å². The number of hydrogen-bond acceptors (Lipinski definition) is 4. The first-order valence-electron chi connectivity index (χ1n) is 7.06. The Labute approximate surface area is 120 Å². The summed E-state index contributed by atoms with van der Waals surface area (Å²) in [6.07, 6.45) is 1.01. The fraction of sp³-hybridized carbons (Fsp3) is 0.562. The Morgan fingerprint density at radius 3 is 2.90 bits per heavy atom. The van der Waals surface area contributed by atoms with Crippen LogP contribution in [0.25, 0.3) is 0 Å². The largest absolute Gasteiger partial charge is 0.488 e. The summed E-state index contributed by atoms with van der Waals surface area (Å²) in [6, 6.07) is 6.55. The van der Waals surface area contributed by atoms with Crippen molar-refractivity contribution in [1.29, 1.82) is 0 Å². The number of aryl methyl sites for hydroxylation is 1. The number of nitrogens with zero attached hydrogens (tertiary/aromatic N) is 1. The minimum atomic E-state index is -0.204. The van der Waals surface area contributed by atoms with Gasteiger partial charge in [0.15, 0.2) is 0 Å². The zero-order valence-electron chi connectivity index (χ0n) is 12.7. The van der Waals surface area contributed by atoms with Crippen LogP contribution in [-0.2, 0) is 16.0 Å². The standard InChI is InChI=1S/C16H23NO3/c1-11(2)17(10-16(18)19-4)9-14-8-13-7-12(3)5-6-15(13)20-14/h5-7,11,14H,8-10H2,1-4H3. The third-order valence-corrected chi connectivity index (χ3v) is 3.69. The van der Waals surface area contributed by atoms with E-state index >= 15 is 0 Å². The number of carbonyl (C=O) groups excluding carboxylic acids is 1. The zero-order valence-corrected chi connectivity index (χ0v) is 12.7. The van der Waals surface area contributed by atoms with Crippen LogP contribution in [-0.4, -0.2) is 43.2 Å². The summed E-state index contributed by atoms with van der Waals surface area (Å²) in [5.41, 5.74) is 2.51. The highest BCUT2D eigenvalue weighted by molar-refractivity contribution is 5.71. The SMILES string of the molecule is COC(=O)CN(CC1Cc2cc(C)ccc2O1)C(C)C. The van der Waals surface area contributed by atoms with Gasteiger partial charge in [-0.15, -0.1) is 0 Å². The minimum absolute atomic E-state index is 0.110. The van der Waals surface area contributed by atoms with Crippen molar-refractivity contribution in [2.24, 2.45) is 0 Å². The van der Waals surface area contributed by atoms with E-state index in [4.69, 9.17) is 9.47 Å². The molecule has 0 amide bonds. The third-order valence-electron chi connectivity index (χ3n) is 3.69. The van der Waals surface area contributed by atoms with Gasteiger partial charge in [-0.05, 0) is 32.4 Å². The number of hydrogen-bond donors (Lipinski definition) is 0. The average Bonchev–Trinajstić information content (AvgIpc) is 2.79. The maximum atomic E-state index is 11.5. The lowest BCUT2D eigenvalue weighted by molar-refractivity contribution is -0.142. The lowest BCUT2D eigenvalue weighted by Gasteiger charge is -2.27. The molecule has 1 aliphatic rings. The number of rotatable bonds is 5. The molecule has 20 heavy (non-hydrogen) atoms. The molecule has 4 nitrogen and oxygen atoms in total. The van der Waals surface area contributed by atoms with Gasteiger partial charge in [0, 0.05) is 19.0 Å². The van der Waals surface area contributed by atoms with Crippen LogP contribution in [0.5, 0.6) is 5.75 Å². The van der Waals surface area contributed by atoms with Gasteiger partial charge in [0.2, 0.25) is 0 Å². The van der Waals surface area contributed by atoms with Crippen molar-refractivity contribution in [3.05, 3.63) is 29.3 Å². The Balaban J connectivity index is 1.98. The van der Waals surface area contributed by atoms with Crippen molar-refractivity contribution in [1.82, 2.24) is 4.90 Å². The predicted octanol–water partition coefficient (Wildman–Crippen LogP) is 2.18. The fourth-order valence-corrected chi connectivity index (χ4v) is 2.50. The molecule has 0 bridgehead atoms. The Morgan fingerprint density at radius 1 is 1.50 bits per heavy atom. The van der Waals surface area contributed by atoms with Gasteiger partial charge < -0.3 is 9.47 Å². The van der Waals surface area contributed by atoms with E-state index in [1.807, 2.05) is 6.07 Å². The predicted molar refractivity (Wildman–Crippen MR) is 78.0 cm³/mol. The molecule has 4 heteroatoms. The van der Waals surface area contributed by atoms with Gasteiger partial charge in [-0.3, -0.25) is 9.69 Å². The van der Waals surface area contributed by atoms with Crippen LogP contribution >= 0.6 is 0 Å². The van der Waals surface area contributed by atoms with E-state index in [0.29, 0.717) is 6.54 Å². The van der Waals surface area contributed by atoms with Crippen molar-refractivity contribution in [3.8, 4) is 5.75 Å². The smallest absolute Gasteiger partial charge is 0.319 e. The Bertz CT molecular complexity index is 485. The summed E-state index contributed by atoms with van der Waals surface area (Å²) < 4.78 is 10.7. The minimum Gasteiger partial charge on any atom is -0.488 e. The molecule has 0 radical (unpaired) electrons. The number of carbonyl (C=O) groups is 1. The maximum absolute atomic E-state index is 11.5. The number of methoxy groups -OCH3 is 1. The first kappa shape index (κ1) is 14.9. The highest BCUT2D eigenvalue weighted by Crippen LogP contribution is 2.29. The number of esters is 1. The molecule has 0 saturated heterocycles. The van der Waals surface area contributed by atoms with Crippen molar-refractivity contribution in [3.63, 3.8) is 0 Å². The quantitative estimate of drug-likeness (QED) is 0.773.